The van der Waals surface area contributed by atoms with Crippen molar-refractivity contribution >= 4 is 17.7 Å². The van der Waals surface area contributed by atoms with Crippen molar-refractivity contribution in [2.75, 3.05) is 40.3 Å². The van der Waals surface area contributed by atoms with E-state index < -0.39 is 17.5 Å². The largest absolute Gasteiger partial charge is 0.497 e. The molecule has 3 aromatic rings. The zero-order valence-electron chi connectivity index (χ0n) is 27.5. The second-order valence-corrected chi connectivity index (χ2v) is 12.7. The van der Waals surface area contributed by atoms with E-state index in [1.54, 1.807) is 72.4 Å². The predicted octanol–water partition coefficient (Wildman–Crippen LogP) is 3.05. The molecule has 0 saturated carbocycles. The van der Waals surface area contributed by atoms with Crippen molar-refractivity contribution in [2.24, 2.45) is 12.5 Å². The first-order valence-electron chi connectivity index (χ1n) is 15.4. The molecule has 1 aliphatic rings. The van der Waals surface area contributed by atoms with Gasteiger partial charge in [-0.1, -0.05) is 32.9 Å². The smallest absolute Gasteiger partial charge is 0.274 e. The van der Waals surface area contributed by atoms with Crippen LogP contribution in [-0.4, -0.2) is 95.6 Å². The molecule has 1 aliphatic heterocycles. The maximum Gasteiger partial charge on any atom is 0.274 e. The zero-order valence-corrected chi connectivity index (χ0v) is 27.5. The Bertz CT molecular complexity index is 1470. The second-order valence-electron chi connectivity index (χ2n) is 12.7. The van der Waals surface area contributed by atoms with Gasteiger partial charge in [0.15, 0.2) is 0 Å². The lowest BCUT2D eigenvalue weighted by Gasteiger charge is -2.37. The van der Waals surface area contributed by atoms with Gasteiger partial charge < -0.3 is 34.5 Å². The highest BCUT2D eigenvalue weighted by molar-refractivity contribution is 5.92. The maximum atomic E-state index is 14.3. The molecule has 1 fully saturated rings. The molecule has 1 aromatic heterocycles. The number of ether oxygens (including phenoxy) is 2. The number of aryl methyl sites for hydroxylation is 1. The van der Waals surface area contributed by atoms with Gasteiger partial charge in [0.05, 0.1) is 32.6 Å². The molecular formula is C34H45FN6O5. The number of nitrogens with one attached hydrogen (secondary N) is 2. The minimum Gasteiger partial charge on any atom is -0.497 e. The number of carbonyl (C=O) groups is 3. The summed E-state index contributed by atoms with van der Waals surface area (Å²) in [5.41, 5.74) is 0.571. The lowest BCUT2D eigenvalue weighted by molar-refractivity contribution is -0.140. The highest BCUT2D eigenvalue weighted by Crippen LogP contribution is 2.29. The Hall–Kier alpha value is -4.45. The molecule has 248 valence electrons. The molecule has 0 spiro atoms. The van der Waals surface area contributed by atoms with Crippen LogP contribution in [0.1, 0.15) is 43.2 Å². The van der Waals surface area contributed by atoms with E-state index in [0.29, 0.717) is 30.9 Å². The number of rotatable bonds is 13. The molecule has 46 heavy (non-hydrogen) atoms. The van der Waals surface area contributed by atoms with E-state index in [4.69, 9.17) is 9.47 Å². The van der Waals surface area contributed by atoms with Crippen LogP contribution in [-0.2, 0) is 23.1 Å². The number of imidazole rings is 1. The van der Waals surface area contributed by atoms with E-state index >= 15 is 0 Å². The van der Waals surface area contributed by atoms with Gasteiger partial charge >= 0.3 is 0 Å². The van der Waals surface area contributed by atoms with Gasteiger partial charge in [-0.15, -0.1) is 0 Å². The first-order chi connectivity index (χ1) is 21.9. The van der Waals surface area contributed by atoms with Gasteiger partial charge in [-0.2, -0.15) is 0 Å². The number of nitrogens with zero attached hydrogens (tertiary/aromatic N) is 4. The van der Waals surface area contributed by atoms with Crippen LogP contribution in [0, 0.1) is 11.2 Å². The fourth-order valence-electron chi connectivity index (χ4n) is 5.57. The normalized spacial score (nSPS) is 17.0. The first kappa shape index (κ1) is 34.4. The molecular weight excluding hydrogens is 591 g/mol. The van der Waals surface area contributed by atoms with E-state index in [9.17, 15) is 18.8 Å². The molecule has 3 amide bonds. The summed E-state index contributed by atoms with van der Waals surface area (Å²) in [7, 11) is 5.06. The highest BCUT2D eigenvalue weighted by atomic mass is 19.1. The summed E-state index contributed by atoms with van der Waals surface area (Å²) >= 11 is 0. The van der Waals surface area contributed by atoms with Crippen molar-refractivity contribution < 1.29 is 28.2 Å². The van der Waals surface area contributed by atoms with E-state index in [-0.39, 0.29) is 55.0 Å². The van der Waals surface area contributed by atoms with E-state index in [1.807, 2.05) is 32.9 Å². The van der Waals surface area contributed by atoms with Crippen LogP contribution in [0.4, 0.5) is 4.39 Å². The molecule has 11 nitrogen and oxygen atoms in total. The quantitative estimate of drug-likeness (QED) is 0.296. The number of benzene rings is 2. The minimum atomic E-state index is -0.810. The Kier molecular flexibility index (Phi) is 11.4. The van der Waals surface area contributed by atoms with Crippen LogP contribution in [0.2, 0.25) is 0 Å². The van der Waals surface area contributed by atoms with Gasteiger partial charge in [-0.3, -0.25) is 14.4 Å². The molecule has 2 aromatic carbocycles. The topological polar surface area (TPSA) is 118 Å². The van der Waals surface area contributed by atoms with Crippen molar-refractivity contribution in [2.45, 2.75) is 51.8 Å². The fraction of sp³-hybridized carbons (Fsp3) is 0.471. The molecule has 2 heterocycles. The number of carbonyl (C=O) groups excluding carboxylic acids is 3. The number of aromatic nitrogens is 2. The predicted molar refractivity (Wildman–Crippen MR) is 172 cm³/mol. The molecule has 3 atom stereocenters. The SMILES string of the molecule is CNCC(=O)NC(C(=O)N1CC(Oc2ccc(OC)cc2)CC1CN(CCc1ccc(F)cc1)C(=O)c1cn(C)cn1)C(C)(C)C. The highest BCUT2D eigenvalue weighted by Gasteiger charge is 2.44. The van der Waals surface area contributed by atoms with E-state index in [2.05, 4.69) is 15.6 Å². The third-order valence-electron chi connectivity index (χ3n) is 8.00. The number of amides is 3. The summed E-state index contributed by atoms with van der Waals surface area (Å²) in [5.74, 6) is 0.193. The lowest BCUT2D eigenvalue weighted by Crippen LogP contribution is -2.58. The van der Waals surface area contributed by atoms with Crippen LogP contribution in [0.3, 0.4) is 0 Å². The molecule has 2 N–H and O–H groups in total. The summed E-state index contributed by atoms with van der Waals surface area (Å²) < 4.78 is 26.9. The molecule has 0 bridgehead atoms. The number of hydrogen-bond acceptors (Lipinski definition) is 7. The number of hydrogen-bond donors (Lipinski definition) is 2. The van der Waals surface area contributed by atoms with Crippen molar-refractivity contribution in [1.29, 1.82) is 0 Å². The summed E-state index contributed by atoms with van der Waals surface area (Å²) in [4.78, 5) is 48.5. The van der Waals surface area contributed by atoms with E-state index in [1.165, 1.54) is 12.1 Å². The summed E-state index contributed by atoms with van der Waals surface area (Å²) in [6.07, 6.45) is 3.81. The number of halogens is 1. The lowest BCUT2D eigenvalue weighted by atomic mass is 9.85. The van der Waals surface area contributed by atoms with Gasteiger partial charge in [0.25, 0.3) is 5.91 Å². The number of likely N-dealkylation sites (tertiary alicyclic amines) is 1. The van der Waals surface area contributed by atoms with Crippen molar-refractivity contribution in [3.63, 3.8) is 0 Å². The molecule has 12 heteroatoms. The van der Waals surface area contributed by atoms with Crippen LogP contribution in [0.15, 0.2) is 61.1 Å². The van der Waals surface area contributed by atoms with Crippen LogP contribution < -0.4 is 20.1 Å². The van der Waals surface area contributed by atoms with Crippen molar-refractivity contribution in [1.82, 2.24) is 30.0 Å². The van der Waals surface area contributed by atoms with Crippen LogP contribution in [0.5, 0.6) is 11.5 Å². The summed E-state index contributed by atoms with van der Waals surface area (Å²) in [6.45, 7) is 6.61. The third-order valence-corrected chi connectivity index (χ3v) is 8.00. The molecule has 0 aliphatic carbocycles. The second kappa shape index (κ2) is 15.2. The minimum absolute atomic E-state index is 0.0717. The number of likely N-dealkylation sites (N-methyl/N-ethyl adjacent to an activating group) is 1. The zero-order chi connectivity index (χ0) is 33.4. The van der Waals surface area contributed by atoms with Gasteiger partial charge in [-0.25, -0.2) is 9.37 Å². The molecule has 4 rings (SSSR count). The standard InChI is InChI=1S/C34H45FN6O5/c1-34(2,3)31(38-30(42)18-36-4)33(44)41-20-28(46-27-13-11-26(45-6)12-14-27)17-25(41)19-40(32(43)29-21-39(5)22-37-29)16-15-23-7-9-24(35)10-8-23/h7-14,21-22,25,28,31,36H,15-20H2,1-6H3,(H,38,42). The monoisotopic (exact) mass is 636 g/mol. The summed E-state index contributed by atoms with van der Waals surface area (Å²) in [5, 5.41) is 5.75. The molecule has 0 radical (unpaired) electrons. The Balaban J connectivity index is 1.63. The summed E-state index contributed by atoms with van der Waals surface area (Å²) in [6, 6.07) is 12.2. The van der Waals surface area contributed by atoms with Crippen LogP contribution >= 0.6 is 0 Å². The maximum absolute atomic E-state index is 14.3. The molecule has 1 saturated heterocycles. The number of methoxy groups -OCH3 is 1. The first-order valence-corrected chi connectivity index (χ1v) is 15.4. The Morgan fingerprint density at radius 1 is 1.09 bits per heavy atom. The Morgan fingerprint density at radius 3 is 2.35 bits per heavy atom. The van der Waals surface area contributed by atoms with Crippen molar-refractivity contribution in [3.8, 4) is 11.5 Å². The van der Waals surface area contributed by atoms with Gasteiger partial charge in [0.1, 0.15) is 35.2 Å². The third kappa shape index (κ3) is 9.06. The Morgan fingerprint density at radius 2 is 1.76 bits per heavy atom. The fourth-order valence-corrected chi connectivity index (χ4v) is 5.57. The van der Waals surface area contributed by atoms with Gasteiger partial charge in [-0.05, 0) is 60.8 Å². The Labute approximate surface area is 270 Å². The average molecular weight is 637 g/mol. The van der Waals surface area contributed by atoms with Crippen molar-refractivity contribution in [3.05, 3.63) is 78.1 Å². The van der Waals surface area contributed by atoms with Crippen LogP contribution in [0.25, 0.3) is 0 Å². The van der Waals surface area contributed by atoms with Gasteiger partial charge in [0.2, 0.25) is 11.8 Å². The molecule has 3 unspecified atom stereocenters. The average Bonchev–Trinajstić information content (AvgIpc) is 3.64. The van der Waals surface area contributed by atoms with Gasteiger partial charge in [0, 0.05) is 32.8 Å². The van der Waals surface area contributed by atoms with E-state index in [0.717, 1.165) is 5.56 Å².